The lowest BCUT2D eigenvalue weighted by Crippen LogP contribution is -2.03. The van der Waals surface area contributed by atoms with E-state index in [1.807, 2.05) is 0 Å². The van der Waals surface area contributed by atoms with Gasteiger partial charge in [0.1, 0.15) is 10.1 Å². The fourth-order valence-electron chi connectivity index (χ4n) is 1.81. The molecule has 1 aromatic rings. The molecule has 0 saturated carbocycles. The zero-order chi connectivity index (χ0) is 16.8. The SMILES string of the molecule is CCCSC1=N/C(=C\c2ccc(OC(C)=O)c(OC)c2)C(=O)S1. The quantitative estimate of drug-likeness (QED) is 0.457. The van der Waals surface area contributed by atoms with Crippen LogP contribution in [0.5, 0.6) is 11.5 Å². The lowest BCUT2D eigenvalue weighted by molar-refractivity contribution is -0.132. The Labute approximate surface area is 143 Å². The smallest absolute Gasteiger partial charge is 0.308 e. The van der Waals surface area contributed by atoms with Crippen molar-refractivity contribution in [2.24, 2.45) is 4.99 Å². The number of methoxy groups -OCH3 is 1. The highest BCUT2D eigenvalue weighted by Gasteiger charge is 2.22. The molecule has 23 heavy (non-hydrogen) atoms. The normalized spacial score (nSPS) is 15.7. The van der Waals surface area contributed by atoms with Crippen LogP contribution < -0.4 is 9.47 Å². The van der Waals surface area contributed by atoms with Crippen molar-refractivity contribution in [2.75, 3.05) is 12.9 Å². The molecule has 1 aliphatic rings. The predicted molar refractivity (Wildman–Crippen MR) is 95.1 cm³/mol. The largest absolute Gasteiger partial charge is 0.493 e. The molecule has 0 radical (unpaired) electrons. The van der Waals surface area contributed by atoms with E-state index in [0.717, 1.165) is 33.9 Å². The highest BCUT2D eigenvalue weighted by molar-refractivity contribution is 8.45. The van der Waals surface area contributed by atoms with E-state index in [1.165, 1.54) is 14.0 Å². The fourth-order valence-corrected chi connectivity index (χ4v) is 3.58. The second-order valence-electron chi connectivity index (χ2n) is 4.65. The number of carbonyl (C=O) groups excluding carboxylic acids is 2. The molecule has 0 fully saturated rings. The van der Waals surface area contributed by atoms with Crippen molar-refractivity contribution in [1.29, 1.82) is 0 Å². The van der Waals surface area contributed by atoms with Crippen LogP contribution in [0.1, 0.15) is 25.8 Å². The van der Waals surface area contributed by atoms with Gasteiger partial charge in [-0.25, -0.2) is 4.99 Å². The second-order valence-corrected chi connectivity index (χ2v) is 6.95. The summed E-state index contributed by atoms with van der Waals surface area (Å²) in [5.74, 6) is 1.30. The number of benzene rings is 1. The van der Waals surface area contributed by atoms with Crippen LogP contribution in [0.2, 0.25) is 0 Å². The maximum Gasteiger partial charge on any atom is 0.308 e. The number of thioether (sulfide) groups is 2. The van der Waals surface area contributed by atoms with Gasteiger partial charge in [0.15, 0.2) is 11.5 Å². The van der Waals surface area contributed by atoms with Crippen molar-refractivity contribution < 1.29 is 19.1 Å². The molecule has 0 unspecified atom stereocenters. The van der Waals surface area contributed by atoms with E-state index < -0.39 is 5.97 Å². The van der Waals surface area contributed by atoms with Gasteiger partial charge in [0.05, 0.1) is 7.11 Å². The Balaban J connectivity index is 2.23. The van der Waals surface area contributed by atoms with Crippen molar-refractivity contribution in [1.82, 2.24) is 0 Å². The minimum absolute atomic E-state index is 0.0633. The highest BCUT2D eigenvalue weighted by atomic mass is 32.2. The molecule has 7 heteroatoms. The molecule has 0 atom stereocenters. The number of carbonyl (C=O) groups is 2. The molecule has 122 valence electrons. The van der Waals surface area contributed by atoms with Gasteiger partial charge in [0, 0.05) is 6.92 Å². The molecule has 2 rings (SSSR count). The first kappa shape index (κ1) is 17.6. The summed E-state index contributed by atoms with van der Waals surface area (Å²) in [6.45, 7) is 3.41. The topological polar surface area (TPSA) is 65.0 Å². The molecule has 0 aromatic heterocycles. The number of aliphatic imine (C=N–C) groups is 1. The number of hydrogen-bond acceptors (Lipinski definition) is 7. The zero-order valence-corrected chi connectivity index (χ0v) is 14.8. The van der Waals surface area contributed by atoms with E-state index >= 15 is 0 Å². The first-order valence-electron chi connectivity index (χ1n) is 7.05. The number of rotatable bonds is 5. The van der Waals surface area contributed by atoms with E-state index in [9.17, 15) is 9.59 Å². The number of nitrogens with zero attached hydrogens (tertiary/aromatic N) is 1. The van der Waals surface area contributed by atoms with E-state index in [0.29, 0.717) is 17.2 Å². The van der Waals surface area contributed by atoms with Crippen LogP contribution >= 0.6 is 23.5 Å². The van der Waals surface area contributed by atoms with Crippen LogP contribution in [0.4, 0.5) is 0 Å². The summed E-state index contributed by atoms with van der Waals surface area (Å²) in [5, 5.41) is -0.0633. The maximum absolute atomic E-state index is 12.0. The van der Waals surface area contributed by atoms with E-state index in [1.54, 1.807) is 36.0 Å². The van der Waals surface area contributed by atoms with Gasteiger partial charge in [-0.05, 0) is 47.7 Å². The Bertz CT molecular complexity index is 683. The summed E-state index contributed by atoms with van der Waals surface area (Å²) in [6.07, 6.45) is 2.74. The lowest BCUT2D eigenvalue weighted by Gasteiger charge is -2.08. The first-order chi connectivity index (χ1) is 11.0. The number of esters is 1. The Kier molecular flexibility index (Phi) is 6.29. The Morgan fingerprint density at radius 3 is 2.83 bits per heavy atom. The highest BCUT2D eigenvalue weighted by Crippen LogP contribution is 2.33. The molecule has 0 bridgehead atoms. The Morgan fingerprint density at radius 1 is 1.39 bits per heavy atom. The van der Waals surface area contributed by atoms with Crippen molar-refractivity contribution in [2.45, 2.75) is 20.3 Å². The van der Waals surface area contributed by atoms with Crippen molar-refractivity contribution in [3.63, 3.8) is 0 Å². The van der Waals surface area contributed by atoms with Crippen molar-refractivity contribution >= 4 is 45.1 Å². The molecule has 0 spiro atoms. The average molecular weight is 351 g/mol. The van der Waals surface area contributed by atoms with E-state index in [2.05, 4.69) is 11.9 Å². The molecule has 1 aliphatic heterocycles. The molecule has 0 saturated heterocycles. The Morgan fingerprint density at radius 2 is 2.17 bits per heavy atom. The molecule has 1 aromatic carbocycles. The van der Waals surface area contributed by atoms with Crippen molar-refractivity contribution in [3.8, 4) is 11.5 Å². The van der Waals surface area contributed by atoms with Crippen LogP contribution in [0.25, 0.3) is 6.08 Å². The molecular formula is C16H17NO4S2. The van der Waals surface area contributed by atoms with Gasteiger partial charge in [-0.2, -0.15) is 0 Å². The zero-order valence-electron chi connectivity index (χ0n) is 13.1. The summed E-state index contributed by atoms with van der Waals surface area (Å²) in [5.41, 5.74) is 1.17. The van der Waals surface area contributed by atoms with E-state index in [-0.39, 0.29) is 5.12 Å². The van der Waals surface area contributed by atoms with Gasteiger partial charge < -0.3 is 9.47 Å². The second kappa shape index (κ2) is 8.21. The standard InChI is InChI=1S/C16H17NO4S2/c1-4-7-22-16-17-12(15(19)23-16)8-11-5-6-13(21-10(2)18)14(9-11)20-3/h5-6,8-9H,4,7H2,1-3H3/b12-8-. The lowest BCUT2D eigenvalue weighted by atomic mass is 10.1. The third-order valence-electron chi connectivity index (χ3n) is 2.78. The summed E-state index contributed by atoms with van der Waals surface area (Å²) >= 11 is 2.75. The molecule has 0 aliphatic carbocycles. The molecule has 1 heterocycles. The molecule has 0 N–H and O–H groups in total. The van der Waals surface area contributed by atoms with Crippen LogP contribution in [0.3, 0.4) is 0 Å². The summed E-state index contributed by atoms with van der Waals surface area (Å²) in [7, 11) is 1.49. The van der Waals surface area contributed by atoms with Crippen molar-refractivity contribution in [3.05, 3.63) is 29.5 Å². The third kappa shape index (κ3) is 4.87. The maximum atomic E-state index is 12.0. The Hall–Kier alpha value is -1.73. The molecular weight excluding hydrogens is 334 g/mol. The van der Waals surface area contributed by atoms with Gasteiger partial charge in [0.2, 0.25) is 5.12 Å². The van der Waals surface area contributed by atoms with Crippen LogP contribution in [0, 0.1) is 0 Å². The first-order valence-corrected chi connectivity index (χ1v) is 8.85. The van der Waals surface area contributed by atoms with Gasteiger partial charge in [-0.3, -0.25) is 9.59 Å². The van der Waals surface area contributed by atoms with Crippen LogP contribution in [-0.2, 0) is 9.59 Å². The van der Waals surface area contributed by atoms with Gasteiger partial charge in [-0.1, -0.05) is 24.8 Å². The van der Waals surface area contributed by atoms with Crippen LogP contribution in [0.15, 0.2) is 28.9 Å². The average Bonchev–Trinajstić information content (AvgIpc) is 2.86. The summed E-state index contributed by atoms with van der Waals surface area (Å²) in [6, 6.07) is 5.09. The van der Waals surface area contributed by atoms with E-state index in [4.69, 9.17) is 9.47 Å². The summed E-state index contributed by atoms with van der Waals surface area (Å²) < 4.78 is 11.1. The molecule has 5 nitrogen and oxygen atoms in total. The molecule has 0 amide bonds. The number of ether oxygens (including phenoxy) is 2. The minimum atomic E-state index is -0.418. The third-order valence-corrected chi connectivity index (χ3v) is 4.99. The van der Waals surface area contributed by atoms with Gasteiger partial charge in [0.25, 0.3) is 0 Å². The van der Waals surface area contributed by atoms with Gasteiger partial charge in [-0.15, -0.1) is 0 Å². The van der Waals surface area contributed by atoms with Crippen LogP contribution in [-0.4, -0.2) is 28.3 Å². The number of hydrogen-bond donors (Lipinski definition) is 0. The van der Waals surface area contributed by atoms with Gasteiger partial charge >= 0.3 is 5.97 Å². The summed E-state index contributed by atoms with van der Waals surface area (Å²) in [4.78, 5) is 27.4. The monoisotopic (exact) mass is 351 g/mol. The predicted octanol–water partition coefficient (Wildman–Crippen LogP) is 3.73. The fraction of sp³-hybridized carbons (Fsp3) is 0.312. The minimum Gasteiger partial charge on any atom is -0.493 e.